The van der Waals surface area contributed by atoms with Gasteiger partial charge in [0.25, 0.3) is 0 Å². The summed E-state index contributed by atoms with van der Waals surface area (Å²) in [5.74, 6) is 0.312. The lowest BCUT2D eigenvalue weighted by Crippen LogP contribution is -2.32. The summed E-state index contributed by atoms with van der Waals surface area (Å²) in [7, 11) is 3.08. The van der Waals surface area contributed by atoms with Crippen LogP contribution in [0.25, 0.3) is 0 Å². The summed E-state index contributed by atoms with van der Waals surface area (Å²) in [5.41, 5.74) is 0.571. The molecule has 1 aromatic rings. The molecule has 1 saturated heterocycles. The number of ether oxygens (including phenoxy) is 2. The van der Waals surface area contributed by atoms with Crippen LogP contribution in [0.2, 0.25) is 0 Å². The Morgan fingerprint density at radius 1 is 1.04 bits per heavy atom. The van der Waals surface area contributed by atoms with E-state index in [4.69, 9.17) is 9.47 Å². The van der Waals surface area contributed by atoms with Gasteiger partial charge in [0.1, 0.15) is 11.5 Å². The lowest BCUT2D eigenvalue weighted by molar-refractivity contribution is -0.140. The van der Waals surface area contributed by atoms with E-state index in [1.807, 2.05) is 12.2 Å². The van der Waals surface area contributed by atoms with Gasteiger partial charge >= 0.3 is 0 Å². The smallest absolute Gasteiger partial charge is 0.233 e. The third-order valence-corrected chi connectivity index (χ3v) is 5.02. The number of benzene rings is 1. The highest BCUT2D eigenvalue weighted by atomic mass is 16.5. The maximum atomic E-state index is 12.4. The zero-order valence-electron chi connectivity index (χ0n) is 15.6. The number of amides is 3. The maximum Gasteiger partial charge on any atom is 0.233 e. The number of rotatable bonds is 7. The molecule has 1 N–H and O–H groups in total. The van der Waals surface area contributed by atoms with Gasteiger partial charge in [0.2, 0.25) is 17.7 Å². The summed E-state index contributed by atoms with van der Waals surface area (Å²) in [4.78, 5) is 38.3. The normalized spacial score (nSPS) is 21.2. The van der Waals surface area contributed by atoms with E-state index in [0.717, 1.165) is 0 Å². The van der Waals surface area contributed by atoms with E-state index < -0.39 is 0 Å². The van der Waals surface area contributed by atoms with Crippen molar-refractivity contribution in [2.45, 2.75) is 25.7 Å². The Labute approximate surface area is 158 Å². The molecule has 0 saturated carbocycles. The minimum Gasteiger partial charge on any atom is -0.497 e. The second kappa shape index (κ2) is 8.24. The van der Waals surface area contributed by atoms with E-state index in [-0.39, 0.29) is 42.5 Å². The second-order valence-corrected chi connectivity index (χ2v) is 6.74. The van der Waals surface area contributed by atoms with Crippen LogP contribution in [0.3, 0.4) is 0 Å². The summed E-state index contributed by atoms with van der Waals surface area (Å²) in [6.07, 6.45) is 5.83. The number of fused-ring (bicyclic) bond motifs is 1. The molecule has 3 amide bonds. The Balaban J connectivity index is 1.51. The van der Waals surface area contributed by atoms with E-state index >= 15 is 0 Å². The number of allylic oxidation sites excluding steroid dienone is 2. The van der Waals surface area contributed by atoms with Crippen molar-refractivity contribution in [3.05, 3.63) is 30.4 Å². The first kappa shape index (κ1) is 18.9. The Bertz CT molecular complexity index is 725. The number of hydrogen-bond acceptors (Lipinski definition) is 5. The molecule has 0 radical (unpaired) electrons. The van der Waals surface area contributed by atoms with Crippen LogP contribution >= 0.6 is 0 Å². The molecule has 2 aliphatic rings. The highest BCUT2D eigenvalue weighted by Gasteiger charge is 2.46. The van der Waals surface area contributed by atoms with Crippen LogP contribution in [-0.4, -0.2) is 43.4 Å². The molecule has 1 fully saturated rings. The summed E-state index contributed by atoms with van der Waals surface area (Å²) in [5, 5.41) is 2.79. The van der Waals surface area contributed by atoms with Gasteiger partial charge < -0.3 is 14.8 Å². The number of carbonyl (C=O) groups is 3. The van der Waals surface area contributed by atoms with Crippen molar-refractivity contribution in [3.8, 4) is 11.5 Å². The van der Waals surface area contributed by atoms with E-state index in [2.05, 4.69) is 5.32 Å². The Kier molecular flexibility index (Phi) is 5.78. The van der Waals surface area contributed by atoms with Gasteiger partial charge in [0, 0.05) is 36.9 Å². The quantitative estimate of drug-likeness (QED) is 0.587. The molecule has 27 heavy (non-hydrogen) atoms. The number of nitrogens with zero attached hydrogens (tertiary/aromatic N) is 1. The third-order valence-electron chi connectivity index (χ3n) is 5.02. The molecular weight excluding hydrogens is 348 g/mol. The van der Waals surface area contributed by atoms with Crippen LogP contribution < -0.4 is 14.8 Å². The number of likely N-dealkylation sites (tertiary alicyclic amines) is 1. The van der Waals surface area contributed by atoms with Gasteiger partial charge in [0.05, 0.1) is 26.1 Å². The van der Waals surface area contributed by atoms with Gasteiger partial charge in [-0.25, -0.2) is 0 Å². The van der Waals surface area contributed by atoms with Crippen molar-refractivity contribution in [2.75, 3.05) is 26.1 Å². The van der Waals surface area contributed by atoms with Gasteiger partial charge in [-0.3, -0.25) is 19.3 Å². The lowest BCUT2D eigenvalue weighted by atomic mass is 9.85. The van der Waals surface area contributed by atoms with Gasteiger partial charge in [-0.15, -0.1) is 0 Å². The fraction of sp³-hybridized carbons (Fsp3) is 0.450. The summed E-state index contributed by atoms with van der Waals surface area (Å²) in [6, 6.07) is 5.12. The fourth-order valence-electron chi connectivity index (χ4n) is 3.59. The number of methoxy groups -OCH3 is 2. The first-order valence-electron chi connectivity index (χ1n) is 9.06. The van der Waals surface area contributed by atoms with Crippen molar-refractivity contribution in [2.24, 2.45) is 11.8 Å². The van der Waals surface area contributed by atoms with Gasteiger partial charge in [0.15, 0.2) is 0 Å². The fourth-order valence-corrected chi connectivity index (χ4v) is 3.59. The van der Waals surface area contributed by atoms with Crippen molar-refractivity contribution in [1.29, 1.82) is 0 Å². The monoisotopic (exact) mass is 372 g/mol. The summed E-state index contributed by atoms with van der Waals surface area (Å²) >= 11 is 0. The van der Waals surface area contributed by atoms with E-state index in [1.54, 1.807) is 18.2 Å². The van der Waals surface area contributed by atoms with E-state index in [0.29, 0.717) is 36.4 Å². The van der Waals surface area contributed by atoms with Crippen molar-refractivity contribution in [3.63, 3.8) is 0 Å². The molecule has 7 nitrogen and oxygen atoms in total. The zero-order valence-corrected chi connectivity index (χ0v) is 15.6. The SMILES string of the molecule is COc1cc(NC(=O)CCCN2C(=O)[C@H]3CC=CC[C@@H]3C2=O)cc(OC)c1. The minimum absolute atomic E-state index is 0.104. The molecule has 1 aromatic carbocycles. The van der Waals surface area contributed by atoms with Crippen LogP contribution in [0.4, 0.5) is 5.69 Å². The highest BCUT2D eigenvalue weighted by molar-refractivity contribution is 6.05. The highest BCUT2D eigenvalue weighted by Crippen LogP contribution is 2.35. The number of nitrogens with one attached hydrogen (secondary N) is 1. The molecule has 2 atom stereocenters. The molecule has 3 rings (SSSR count). The van der Waals surface area contributed by atoms with E-state index in [9.17, 15) is 14.4 Å². The molecule has 1 heterocycles. The predicted octanol–water partition coefficient (Wildman–Crippen LogP) is 2.37. The van der Waals surface area contributed by atoms with Gasteiger partial charge in [-0.2, -0.15) is 0 Å². The predicted molar refractivity (Wildman–Crippen MR) is 99.5 cm³/mol. The standard InChI is InChI=1S/C20H24N2O5/c1-26-14-10-13(11-15(12-14)27-2)21-18(23)8-5-9-22-19(24)16-6-3-4-7-17(16)20(22)25/h3-4,10-12,16-17H,5-9H2,1-2H3,(H,21,23)/t16-,17-/m0/s1. The molecule has 0 unspecified atom stereocenters. The topological polar surface area (TPSA) is 84.9 Å². The molecular formula is C20H24N2O5. The average Bonchev–Trinajstić information content (AvgIpc) is 2.92. The minimum atomic E-state index is -0.222. The Hall–Kier alpha value is -2.83. The van der Waals surface area contributed by atoms with Crippen LogP contribution in [0.5, 0.6) is 11.5 Å². The molecule has 144 valence electrons. The third kappa shape index (κ3) is 4.13. The largest absolute Gasteiger partial charge is 0.497 e. The molecule has 0 aromatic heterocycles. The van der Waals surface area contributed by atoms with Crippen LogP contribution in [0, 0.1) is 11.8 Å². The lowest BCUT2D eigenvalue weighted by Gasteiger charge is -2.14. The van der Waals surface area contributed by atoms with E-state index in [1.165, 1.54) is 19.1 Å². The first-order valence-corrected chi connectivity index (χ1v) is 9.06. The van der Waals surface area contributed by atoms with Crippen LogP contribution in [0.15, 0.2) is 30.4 Å². The molecule has 0 spiro atoms. The number of imide groups is 1. The van der Waals surface area contributed by atoms with Crippen LogP contribution in [0.1, 0.15) is 25.7 Å². The molecule has 0 bridgehead atoms. The molecule has 1 aliphatic carbocycles. The van der Waals surface area contributed by atoms with Gasteiger partial charge in [-0.05, 0) is 19.3 Å². The number of carbonyl (C=O) groups excluding carboxylic acids is 3. The Morgan fingerprint density at radius 3 is 2.11 bits per heavy atom. The second-order valence-electron chi connectivity index (χ2n) is 6.74. The molecule has 7 heteroatoms. The number of anilines is 1. The molecule has 1 aliphatic heterocycles. The van der Waals surface area contributed by atoms with Crippen molar-refractivity contribution < 1.29 is 23.9 Å². The first-order chi connectivity index (χ1) is 13.0. The van der Waals surface area contributed by atoms with Crippen molar-refractivity contribution >= 4 is 23.4 Å². The number of hydrogen-bond donors (Lipinski definition) is 1. The Morgan fingerprint density at radius 2 is 1.59 bits per heavy atom. The summed E-state index contributed by atoms with van der Waals surface area (Å²) in [6.45, 7) is 0.277. The van der Waals surface area contributed by atoms with Crippen molar-refractivity contribution in [1.82, 2.24) is 4.90 Å². The summed E-state index contributed by atoms with van der Waals surface area (Å²) < 4.78 is 10.4. The van der Waals surface area contributed by atoms with Gasteiger partial charge in [-0.1, -0.05) is 12.2 Å². The average molecular weight is 372 g/mol. The van der Waals surface area contributed by atoms with Crippen LogP contribution in [-0.2, 0) is 14.4 Å². The maximum absolute atomic E-state index is 12.4. The zero-order chi connectivity index (χ0) is 19.4.